The molecule has 10 nitrogen and oxygen atoms in total. The highest BCUT2D eigenvalue weighted by Crippen LogP contribution is 2.22. The summed E-state index contributed by atoms with van der Waals surface area (Å²) in [7, 11) is 0. The molecule has 2 atom stereocenters. The largest absolute Gasteiger partial charge is 0.373 e. The fraction of sp³-hybridized carbons (Fsp3) is 0.588. The van der Waals surface area contributed by atoms with Crippen molar-refractivity contribution in [1.82, 2.24) is 19.7 Å². The molecule has 0 aliphatic carbocycles. The molecule has 2 unspecified atom stereocenters. The van der Waals surface area contributed by atoms with Gasteiger partial charge in [-0.25, -0.2) is 4.98 Å². The zero-order chi connectivity index (χ0) is 20.4. The van der Waals surface area contributed by atoms with Crippen molar-refractivity contribution in [2.75, 3.05) is 18.4 Å². The summed E-state index contributed by atoms with van der Waals surface area (Å²) in [5.41, 5.74) is 1.48. The summed E-state index contributed by atoms with van der Waals surface area (Å²) in [5.74, 6) is -0.324. The quantitative estimate of drug-likeness (QED) is 0.575. The fourth-order valence-electron chi connectivity index (χ4n) is 3.48. The average molecular weight is 408 g/mol. The first kappa shape index (κ1) is 20.4. The molecule has 1 N–H and O–H groups in total. The number of aromatic nitrogens is 3. The smallest absolute Gasteiger partial charge is 0.312 e. The number of hydrogen-bond acceptors (Lipinski definition) is 8. The van der Waals surface area contributed by atoms with E-state index < -0.39 is 4.92 Å². The summed E-state index contributed by atoms with van der Waals surface area (Å²) in [5, 5.41) is 20.3. The second-order valence-electron chi connectivity index (χ2n) is 7.08. The van der Waals surface area contributed by atoms with E-state index in [1.807, 2.05) is 5.38 Å². The predicted octanol–water partition coefficient (Wildman–Crippen LogP) is 2.11. The lowest BCUT2D eigenvalue weighted by Gasteiger charge is -2.34. The molecule has 11 heteroatoms. The van der Waals surface area contributed by atoms with Crippen LogP contribution in [0.4, 0.5) is 10.8 Å². The topological polar surface area (TPSA) is 115 Å². The first-order valence-corrected chi connectivity index (χ1v) is 9.91. The van der Waals surface area contributed by atoms with Crippen molar-refractivity contribution in [2.24, 2.45) is 0 Å². The standard InChI is InChI=1S/C17H24N6O4S/c1-10-5-21(6-11(2)27-10)7-14-9-28-17(18-14)19-15(24)8-22-13(4)16(23(25)26)12(3)20-22/h9-11H,5-8H2,1-4H3,(H,18,19,24). The molecule has 0 aromatic carbocycles. The lowest BCUT2D eigenvalue weighted by molar-refractivity contribution is -0.386. The summed E-state index contributed by atoms with van der Waals surface area (Å²) in [6, 6.07) is 0. The van der Waals surface area contributed by atoms with Crippen LogP contribution in [0.25, 0.3) is 0 Å². The second-order valence-corrected chi connectivity index (χ2v) is 7.94. The first-order chi connectivity index (χ1) is 13.2. The van der Waals surface area contributed by atoms with E-state index in [0.29, 0.717) is 23.1 Å². The molecule has 0 spiro atoms. The summed E-state index contributed by atoms with van der Waals surface area (Å²) in [6.45, 7) is 9.54. The van der Waals surface area contributed by atoms with Gasteiger partial charge < -0.3 is 10.1 Å². The number of anilines is 1. The van der Waals surface area contributed by atoms with Gasteiger partial charge in [0.25, 0.3) is 0 Å². The molecule has 0 radical (unpaired) electrons. The lowest BCUT2D eigenvalue weighted by Crippen LogP contribution is -2.44. The van der Waals surface area contributed by atoms with Crippen LogP contribution in [-0.4, -0.2) is 55.8 Å². The molecular formula is C17H24N6O4S. The van der Waals surface area contributed by atoms with Crippen molar-refractivity contribution >= 4 is 28.1 Å². The molecule has 1 saturated heterocycles. The van der Waals surface area contributed by atoms with E-state index >= 15 is 0 Å². The Kier molecular flexibility index (Phi) is 6.06. The van der Waals surface area contributed by atoms with Gasteiger partial charge in [0, 0.05) is 25.0 Å². The van der Waals surface area contributed by atoms with E-state index in [2.05, 4.69) is 34.1 Å². The Labute approximate surface area is 166 Å². The van der Waals surface area contributed by atoms with E-state index in [9.17, 15) is 14.9 Å². The minimum Gasteiger partial charge on any atom is -0.373 e. The van der Waals surface area contributed by atoms with E-state index in [1.165, 1.54) is 16.0 Å². The Morgan fingerprint density at radius 3 is 2.68 bits per heavy atom. The van der Waals surface area contributed by atoms with Crippen molar-refractivity contribution in [1.29, 1.82) is 0 Å². The molecule has 1 aliphatic heterocycles. The molecule has 152 valence electrons. The Morgan fingerprint density at radius 1 is 1.39 bits per heavy atom. The minimum absolute atomic E-state index is 0.0571. The van der Waals surface area contributed by atoms with E-state index in [1.54, 1.807) is 13.8 Å². The Morgan fingerprint density at radius 2 is 2.07 bits per heavy atom. The van der Waals surface area contributed by atoms with Gasteiger partial charge in [-0.2, -0.15) is 5.10 Å². The third-order valence-corrected chi connectivity index (χ3v) is 5.30. The molecule has 2 aromatic rings. The molecule has 3 rings (SSSR count). The third-order valence-electron chi connectivity index (χ3n) is 4.50. The van der Waals surface area contributed by atoms with Crippen molar-refractivity contribution in [3.05, 3.63) is 32.6 Å². The Hall–Kier alpha value is -2.37. The number of amides is 1. The van der Waals surface area contributed by atoms with Gasteiger partial charge in [0.1, 0.15) is 17.9 Å². The van der Waals surface area contributed by atoms with Crippen LogP contribution in [0.3, 0.4) is 0 Å². The van der Waals surface area contributed by atoms with Gasteiger partial charge in [0.2, 0.25) is 5.91 Å². The number of nitrogens with one attached hydrogen (secondary N) is 1. The maximum atomic E-state index is 12.3. The van der Waals surface area contributed by atoms with Crippen LogP contribution in [0, 0.1) is 24.0 Å². The molecule has 1 fully saturated rings. The number of ether oxygens (including phenoxy) is 1. The van der Waals surface area contributed by atoms with Crippen LogP contribution < -0.4 is 5.32 Å². The number of aryl methyl sites for hydroxylation is 1. The molecule has 1 amide bonds. The molecule has 28 heavy (non-hydrogen) atoms. The molecule has 2 aromatic heterocycles. The average Bonchev–Trinajstić information content (AvgIpc) is 3.10. The zero-order valence-electron chi connectivity index (χ0n) is 16.3. The van der Waals surface area contributed by atoms with Crippen LogP contribution >= 0.6 is 11.3 Å². The maximum Gasteiger partial charge on any atom is 0.312 e. The Bertz CT molecular complexity index is 869. The van der Waals surface area contributed by atoms with Gasteiger partial charge >= 0.3 is 5.69 Å². The van der Waals surface area contributed by atoms with Crippen molar-refractivity contribution < 1.29 is 14.5 Å². The van der Waals surface area contributed by atoms with E-state index in [-0.39, 0.29) is 30.3 Å². The maximum absolute atomic E-state index is 12.3. The SMILES string of the molecule is Cc1nn(CC(=O)Nc2nc(CN3CC(C)OC(C)C3)cs2)c(C)c1[N+](=O)[O-]. The number of thiazole rings is 1. The third kappa shape index (κ3) is 4.72. The monoisotopic (exact) mass is 408 g/mol. The van der Waals surface area contributed by atoms with E-state index in [4.69, 9.17) is 4.74 Å². The van der Waals surface area contributed by atoms with Crippen molar-refractivity contribution in [3.8, 4) is 0 Å². The van der Waals surface area contributed by atoms with Crippen LogP contribution in [-0.2, 0) is 22.6 Å². The highest BCUT2D eigenvalue weighted by molar-refractivity contribution is 7.13. The first-order valence-electron chi connectivity index (χ1n) is 9.03. The molecule has 0 saturated carbocycles. The molecule has 1 aliphatic rings. The zero-order valence-corrected chi connectivity index (χ0v) is 17.2. The fourth-order valence-corrected chi connectivity index (χ4v) is 4.20. The summed E-state index contributed by atoms with van der Waals surface area (Å²) in [4.78, 5) is 29.7. The predicted molar refractivity (Wildman–Crippen MR) is 104 cm³/mol. The number of nitro groups is 1. The van der Waals surface area contributed by atoms with Crippen LogP contribution in [0.15, 0.2) is 5.38 Å². The highest BCUT2D eigenvalue weighted by atomic mass is 32.1. The molecule has 3 heterocycles. The van der Waals surface area contributed by atoms with Crippen molar-refractivity contribution in [3.63, 3.8) is 0 Å². The molecular weight excluding hydrogens is 384 g/mol. The van der Waals surface area contributed by atoms with Gasteiger partial charge in [-0.05, 0) is 27.7 Å². The lowest BCUT2D eigenvalue weighted by atomic mass is 10.2. The van der Waals surface area contributed by atoms with Crippen LogP contribution in [0.5, 0.6) is 0 Å². The van der Waals surface area contributed by atoms with Crippen LogP contribution in [0.2, 0.25) is 0 Å². The number of rotatable bonds is 6. The Balaban J connectivity index is 1.58. The number of morpholine rings is 1. The number of carbonyl (C=O) groups excluding carboxylic acids is 1. The second kappa shape index (κ2) is 8.33. The van der Waals surface area contributed by atoms with Gasteiger partial charge in [-0.15, -0.1) is 11.3 Å². The van der Waals surface area contributed by atoms with Gasteiger partial charge in [-0.3, -0.25) is 24.5 Å². The number of hydrogen-bond donors (Lipinski definition) is 1. The van der Waals surface area contributed by atoms with Gasteiger partial charge in [-0.1, -0.05) is 0 Å². The minimum atomic E-state index is -0.480. The summed E-state index contributed by atoms with van der Waals surface area (Å²) < 4.78 is 7.08. The van der Waals surface area contributed by atoms with Gasteiger partial charge in [0.05, 0.1) is 22.8 Å². The summed E-state index contributed by atoms with van der Waals surface area (Å²) in [6.07, 6.45) is 0.373. The highest BCUT2D eigenvalue weighted by Gasteiger charge is 2.24. The number of nitrogens with zero attached hydrogens (tertiary/aromatic N) is 5. The van der Waals surface area contributed by atoms with Crippen molar-refractivity contribution in [2.45, 2.75) is 53.0 Å². The van der Waals surface area contributed by atoms with Gasteiger partial charge in [0.15, 0.2) is 5.13 Å². The number of carbonyl (C=O) groups is 1. The van der Waals surface area contributed by atoms with E-state index in [0.717, 1.165) is 18.8 Å². The summed E-state index contributed by atoms with van der Waals surface area (Å²) >= 11 is 1.36. The molecule has 0 bridgehead atoms. The van der Waals surface area contributed by atoms with Crippen LogP contribution in [0.1, 0.15) is 30.9 Å². The normalized spacial score (nSPS) is 20.3.